The van der Waals surface area contributed by atoms with Gasteiger partial charge in [0.05, 0.1) is 29.5 Å². The van der Waals surface area contributed by atoms with Crippen molar-refractivity contribution in [1.82, 2.24) is 20.3 Å². The van der Waals surface area contributed by atoms with E-state index in [1.165, 1.54) is 7.11 Å². The van der Waals surface area contributed by atoms with Gasteiger partial charge in [0, 0.05) is 45.7 Å². The van der Waals surface area contributed by atoms with Crippen molar-refractivity contribution in [1.29, 1.82) is 0 Å². The number of benzene rings is 3. The van der Waals surface area contributed by atoms with Crippen LogP contribution in [-0.4, -0.2) is 61.9 Å². The highest BCUT2D eigenvalue weighted by molar-refractivity contribution is 5.77. The van der Waals surface area contributed by atoms with Crippen molar-refractivity contribution in [3.05, 3.63) is 132 Å². The smallest absolute Gasteiger partial charge is 0.246 e. The first-order valence-electron chi connectivity index (χ1n) is 16.7. The molecule has 0 spiro atoms. The molecule has 3 heterocycles. The third-order valence-corrected chi connectivity index (χ3v) is 8.48. The molecule has 11 heteroatoms. The van der Waals surface area contributed by atoms with Crippen molar-refractivity contribution < 1.29 is 19.0 Å². The van der Waals surface area contributed by atoms with Crippen LogP contribution in [0.5, 0.6) is 23.0 Å². The van der Waals surface area contributed by atoms with Gasteiger partial charge in [-0.3, -0.25) is 24.8 Å². The van der Waals surface area contributed by atoms with Crippen LogP contribution in [0.25, 0.3) is 6.08 Å². The van der Waals surface area contributed by atoms with Gasteiger partial charge in [0.2, 0.25) is 5.91 Å². The van der Waals surface area contributed by atoms with Gasteiger partial charge in [-0.15, -0.1) is 0 Å². The number of nitrogens with zero attached hydrogens (tertiary/aromatic N) is 6. The normalized spacial score (nSPS) is 12.8. The fourth-order valence-electron chi connectivity index (χ4n) is 5.64. The summed E-state index contributed by atoms with van der Waals surface area (Å²) >= 11 is 0. The molecule has 3 aromatic carbocycles. The molecule has 0 saturated heterocycles. The number of aromatic nitrogens is 2. The molecule has 0 saturated carbocycles. The van der Waals surface area contributed by atoms with E-state index < -0.39 is 0 Å². The molecule has 0 aliphatic carbocycles. The zero-order chi connectivity index (χ0) is 35.7. The van der Waals surface area contributed by atoms with Crippen LogP contribution in [0, 0.1) is 13.8 Å². The molecule has 1 amide bonds. The van der Waals surface area contributed by atoms with Gasteiger partial charge in [-0.25, -0.2) is 0 Å². The van der Waals surface area contributed by atoms with Gasteiger partial charge < -0.3 is 24.5 Å². The monoisotopic (exact) mass is 685 g/mol. The van der Waals surface area contributed by atoms with E-state index in [9.17, 15) is 4.79 Å². The van der Waals surface area contributed by atoms with E-state index in [1.54, 1.807) is 12.4 Å². The molecule has 0 radical (unpaired) electrons. The Kier molecular flexibility index (Phi) is 11.1. The lowest BCUT2D eigenvalue weighted by Crippen LogP contribution is -2.55. The van der Waals surface area contributed by atoms with E-state index in [-0.39, 0.29) is 12.5 Å². The molecule has 11 nitrogen and oxygen atoms in total. The van der Waals surface area contributed by atoms with Gasteiger partial charge in [-0.2, -0.15) is 5.01 Å². The van der Waals surface area contributed by atoms with Crippen LogP contribution in [0.15, 0.2) is 109 Å². The number of aryl methyl sites for hydroxylation is 2. The third-order valence-electron chi connectivity index (χ3n) is 8.48. The largest absolute Gasteiger partial charge is 0.456 e. The second-order valence-corrected chi connectivity index (χ2v) is 12.2. The van der Waals surface area contributed by atoms with Crippen molar-refractivity contribution in [3.8, 4) is 23.0 Å². The Morgan fingerprint density at radius 2 is 1.35 bits per heavy atom. The maximum Gasteiger partial charge on any atom is 0.246 e. The minimum absolute atomic E-state index is 0.0410. The van der Waals surface area contributed by atoms with Crippen molar-refractivity contribution in [2.24, 2.45) is 0 Å². The SMILES string of the molecule is COCC(=O)NC/C=C/c1ccc2c(c1)CN(N(C)c1ccc(Oc3ccc(C)nc3)cc1)CN2N(C)c1ccc(Oc2ccc(C)nc2)cc1. The lowest BCUT2D eigenvalue weighted by atomic mass is 10.1. The number of fused-ring (bicyclic) bond motifs is 1. The molecule has 5 aromatic rings. The van der Waals surface area contributed by atoms with Crippen molar-refractivity contribution in [2.75, 3.05) is 56.1 Å². The average Bonchev–Trinajstić information content (AvgIpc) is 3.15. The predicted molar refractivity (Wildman–Crippen MR) is 201 cm³/mol. The maximum absolute atomic E-state index is 11.8. The Labute approximate surface area is 299 Å². The van der Waals surface area contributed by atoms with Crippen LogP contribution in [0.2, 0.25) is 0 Å². The van der Waals surface area contributed by atoms with Gasteiger partial charge in [-0.1, -0.05) is 18.2 Å². The summed E-state index contributed by atoms with van der Waals surface area (Å²) in [4.78, 5) is 20.4. The van der Waals surface area contributed by atoms with E-state index in [2.05, 4.69) is 91.9 Å². The minimum Gasteiger partial charge on any atom is -0.456 e. The number of hydrazine groups is 2. The summed E-state index contributed by atoms with van der Waals surface area (Å²) in [5, 5.41) is 11.7. The number of carbonyl (C=O) groups excluding carboxylic acids is 1. The highest BCUT2D eigenvalue weighted by Gasteiger charge is 2.28. The summed E-state index contributed by atoms with van der Waals surface area (Å²) in [5.74, 6) is 2.72. The second-order valence-electron chi connectivity index (χ2n) is 12.2. The first kappa shape index (κ1) is 34.9. The molecule has 0 unspecified atom stereocenters. The zero-order valence-corrected chi connectivity index (χ0v) is 29.6. The van der Waals surface area contributed by atoms with Crippen LogP contribution in [-0.2, 0) is 16.1 Å². The Balaban J connectivity index is 1.22. The number of hydrogen-bond donors (Lipinski definition) is 1. The summed E-state index contributed by atoms with van der Waals surface area (Å²) in [6.07, 6.45) is 7.43. The molecule has 1 aliphatic rings. The topological polar surface area (TPSA) is 95.5 Å². The number of rotatable bonds is 13. The molecule has 2 aromatic heterocycles. The summed E-state index contributed by atoms with van der Waals surface area (Å²) in [7, 11) is 5.64. The lowest BCUT2D eigenvalue weighted by Gasteiger charge is -2.46. The molecular weight excluding hydrogens is 642 g/mol. The first-order valence-corrected chi connectivity index (χ1v) is 16.7. The lowest BCUT2D eigenvalue weighted by molar-refractivity contribution is -0.124. The third kappa shape index (κ3) is 9.01. The van der Waals surface area contributed by atoms with Gasteiger partial charge in [-0.05, 0) is 110 Å². The molecular formula is C40H43N7O4. The molecule has 0 fully saturated rings. The summed E-state index contributed by atoms with van der Waals surface area (Å²) in [6.45, 7) is 5.65. The number of methoxy groups -OCH3 is 1. The van der Waals surface area contributed by atoms with E-state index in [0.717, 1.165) is 51.1 Å². The number of pyridine rings is 2. The van der Waals surface area contributed by atoms with Crippen molar-refractivity contribution >= 4 is 29.0 Å². The van der Waals surface area contributed by atoms with Crippen molar-refractivity contribution in [3.63, 3.8) is 0 Å². The van der Waals surface area contributed by atoms with Crippen LogP contribution in [0.4, 0.5) is 17.1 Å². The Hall–Kier alpha value is -5.91. The number of hydrogen-bond acceptors (Lipinski definition) is 10. The van der Waals surface area contributed by atoms with Gasteiger partial charge in [0.1, 0.15) is 36.3 Å². The predicted octanol–water partition coefficient (Wildman–Crippen LogP) is 7.14. The van der Waals surface area contributed by atoms with Gasteiger partial charge >= 0.3 is 0 Å². The van der Waals surface area contributed by atoms with Crippen molar-refractivity contribution in [2.45, 2.75) is 20.4 Å². The summed E-state index contributed by atoms with van der Waals surface area (Å²) in [5.41, 5.74) is 7.21. The van der Waals surface area contributed by atoms with E-state index in [4.69, 9.17) is 14.2 Å². The number of carbonyl (C=O) groups is 1. The standard InChI is InChI=1S/C40H43N7O4/c1-29-8-15-37(24-42-29)50-35-17-11-33(12-18-35)44(3)46-26-32-23-31(7-6-22-41-40(48)27-49-5)10-21-39(32)47(28-46)45(4)34-13-19-36(20-14-34)51-38-16-9-30(2)43-25-38/h6-21,23-25H,22,26-28H2,1-5H3,(H,41,48)/b7-6+. The highest BCUT2D eigenvalue weighted by Crippen LogP contribution is 2.34. The molecule has 51 heavy (non-hydrogen) atoms. The number of nitrogens with one attached hydrogen (secondary N) is 1. The number of amides is 1. The van der Waals surface area contributed by atoms with Crippen LogP contribution >= 0.6 is 0 Å². The molecule has 262 valence electrons. The highest BCUT2D eigenvalue weighted by atomic mass is 16.5. The Bertz CT molecular complexity index is 1930. The zero-order valence-electron chi connectivity index (χ0n) is 29.6. The van der Waals surface area contributed by atoms with Crippen LogP contribution < -0.4 is 29.8 Å². The summed E-state index contributed by atoms with van der Waals surface area (Å²) < 4.78 is 17.0. The molecule has 0 bridgehead atoms. The number of ether oxygens (including phenoxy) is 3. The first-order chi connectivity index (χ1) is 24.7. The van der Waals surface area contributed by atoms with Gasteiger partial charge in [0.25, 0.3) is 0 Å². The second kappa shape index (κ2) is 16.2. The van der Waals surface area contributed by atoms with E-state index >= 15 is 0 Å². The number of anilines is 3. The fourth-order valence-corrected chi connectivity index (χ4v) is 5.64. The molecule has 1 aliphatic heterocycles. The molecule has 1 N–H and O–H groups in total. The summed E-state index contributed by atoms with van der Waals surface area (Å²) in [6, 6.07) is 30.2. The van der Waals surface area contributed by atoms with Gasteiger partial charge in [0.15, 0.2) is 0 Å². The maximum atomic E-state index is 11.8. The quantitative estimate of drug-likeness (QED) is 0.138. The molecule has 6 rings (SSSR count). The van der Waals surface area contributed by atoms with E-state index in [1.807, 2.05) is 74.5 Å². The van der Waals surface area contributed by atoms with Crippen LogP contribution in [0.3, 0.4) is 0 Å². The molecule has 0 atom stereocenters. The fraction of sp³-hybridized carbons (Fsp3) is 0.225. The Morgan fingerprint density at radius 1 is 0.784 bits per heavy atom. The Morgan fingerprint density at radius 3 is 1.90 bits per heavy atom. The average molecular weight is 686 g/mol. The minimum atomic E-state index is -0.150. The van der Waals surface area contributed by atoms with Crippen LogP contribution in [0.1, 0.15) is 22.5 Å². The van der Waals surface area contributed by atoms with E-state index in [0.29, 0.717) is 31.3 Å².